The molecule has 0 aliphatic rings. The maximum absolute atomic E-state index is 11.5. The molecule has 0 aliphatic carbocycles. The molecule has 0 aromatic carbocycles. The predicted octanol–water partition coefficient (Wildman–Crippen LogP) is -1.11. The van der Waals surface area contributed by atoms with Crippen molar-refractivity contribution in [2.24, 2.45) is 5.73 Å². The molecule has 0 saturated heterocycles. The van der Waals surface area contributed by atoms with Crippen LogP contribution in [0.1, 0.15) is 84.0 Å². The number of nitrogens with one attached hydrogen (secondary N) is 2. The van der Waals surface area contributed by atoms with Gasteiger partial charge in [-0.2, -0.15) is 27.5 Å². The molecular formula is C22H44N3NaO10S2. The quantitative estimate of drug-likeness (QED) is 0.0310. The van der Waals surface area contributed by atoms with Crippen LogP contribution in [0.15, 0.2) is 0 Å². The third-order valence-corrected chi connectivity index (χ3v) is 4.97. The standard InChI is InChI=1S/C12H25.C10H17N3O6S.Na.H2O4S/c1-3-5-7-9-11-12-10-8-6-4-2;11-5(10(18)19)1-2-7(14)13-6(4-20)9(17)12-3-8(15)16;;1-5(2,3)4/h1,3-12H2,2H3;5-6,20H,1-4,11H2,(H,12,17)(H,13,14)(H,15,16)(H,18,19);;(H2,1,2,3,4)/q-1;;+1;. The van der Waals surface area contributed by atoms with Gasteiger partial charge in [0, 0.05) is 12.2 Å². The molecule has 0 aliphatic heterocycles. The van der Waals surface area contributed by atoms with Crippen LogP contribution < -0.4 is 45.9 Å². The predicted molar refractivity (Wildman–Crippen MR) is 143 cm³/mol. The van der Waals surface area contributed by atoms with Crippen LogP contribution in [0.3, 0.4) is 0 Å². The van der Waals surface area contributed by atoms with E-state index in [0.29, 0.717) is 0 Å². The molecule has 2 atom stereocenters. The Morgan fingerprint density at radius 2 is 1.39 bits per heavy atom. The summed E-state index contributed by atoms with van der Waals surface area (Å²) in [7, 11) is -4.67. The first-order valence-electron chi connectivity index (χ1n) is 12.1. The smallest absolute Gasteiger partial charge is 0.480 e. The molecule has 2 unspecified atom stereocenters. The second kappa shape index (κ2) is 29.1. The van der Waals surface area contributed by atoms with Crippen molar-refractivity contribution in [2.75, 3.05) is 12.3 Å². The number of amides is 2. The molecule has 0 spiro atoms. The van der Waals surface area contributed by atoms with Crippen LogP contribution in [0.25, 0.3) is 0 Å². The van der Waals surface area contributed by atoms with Crippen LogP contribution in [-0.4, -0.2) is 75.9 Å². The normalized spacial score (nSPS) is 11.7. The van der Waals surface area contributed by atoms with Gasteiger partial charge < -0.3 is 33.5 Å². The van der Waals surface area contributed by atoms with Gasteiger partial charge in [-0.1, -0.05) is 64.7 Å². The van der Waals surface area contributed by atoms with Crippen molar-refractivity contribution in [1.29, 1.82) is 0 Å². The molecule has 0 saturated carbocycles. The van der Waals surface area contributed by atoms with Crippen LogP contribution in [0.4, 0.5) is 0 Å². The van der Waals surface area contributed by atoms with Crippen LogP contribution in [0, 0.1) is 6.92 Å². The van der Waals surface area contributed by atoms with Gasteiger partial charge in [0.15, 0.2) is 0 Å². The van der Waals surface area contributed by atoms with Crippen molar-refractivity contribution < 1.29 is 76.5 Å². The Morgan fingerprint density at radius 3 is 1.76 bits per heavy atom. The Hall–Kier alpha value is -0.940. The van der Waals surface area contributed by atoms with Gasteiger partial charge >= 0.3 is 51.9 Å². The van der Waals surface area contributed by atoms with E-state index in [4.69, 9.17) is 33.5 Å². The second-order valence-electron chi connectivity index (χ2n) is 8.03. The zero-order valence-corrected chi connectivity index (χ0v) is 26.1. The maximum atomic E-state index is 11.5. The van der Waals surface area contributed by atoms with Gasteiger partial charge in [-0.25, -0.2) is 0 Å². The van der Waals surface area contributed by atoms with E-state index in [1.807, 2.05) is 0 Å². The molecule has 38 heavy (non-hydrogen) atoms. The summed E-state index contributed by atoms with van der Waals surface area (Å²) in [5, 5.41) is 21.4. The maximum Gasteiger partial charge on any atom is 1.00 e. The van der Waals surface area contributed by atoms with Gasteiger partial charge in [-0.15, -0.1) is 0 Å². The second-order valence-corrected chi connectivity index (χ2v) is 9.29. The molecular weight excluding hydrogens is 553 g/mol. The summed E-state index contributed by atoms with van der Waals surface area (Å²) < 4.78 is 31.6. The van der Waals surface area contributed by atoms with E-state index >= 15 is 0 Å². The molecule has 13 nitrogen and oxygen atoms in total. The molecule has 0 fully saturated rings. The largest absolute Gasteiger partial charge is 1.00 e. The monoisotopic (exact) mass is 597 g/mol. The fraction of sp³-hybridized carbons (Fsp3) is 0.773. The van der Waals surface area contributed by atoms with Crippen molar-refractivity contribution in [3.63, 3.8) is 0 Å². The van der Waals surface area contributed by atoms with Gasteiger partial charge in [0.1, 0.15) is 18.6 Å². The van der Waals surface area contributed by atoms with Gasteiger partial charge in [-0.05, 0) is 6.42 Å². The van der Waals surface area contributed by atoms with E-state index in [2.05, 4.69) is 37.1 Å². The average Bonchev–Trinajstić information content (AvgIpc) is 2.80. The minimum atomic E-state index is -4.67. The number of carbonyl (C=O) groups excluding carboxylic acids is 2. The van der Waals surface area contributed by atoms with Crippen LogP contribution in [0.2, 0.25) is 0 Å². The molecule has 16 heteroatoms. The van der Waals surface area contributed by atoms with E-state index < -0.39 is 52.8 Å². The number of thiol groups is 1. The molecule has 0 bridgehead atoms. The number of aliphatic carboxylic acids is 2. The zero-order valence-electron chi connectivity index (χ0n) is 22.4. The summed E-state index contributed by atoms with van der Waals surface area (Å²) >= 11 is 3.87. The average molecular weight is 598 g/mol. The summed E-state index contributed by atoms with van der Waals surface area (Å²) in [6.07, 6.45) is 13.6. The molecule has 220 valence electrons. The summed E-state index contributed by atoms with van der Waals surface area (Å²) in [4.78, 5) is 43.7. The number of carboxylic acid groups (broad SMARTS) is 2. The van der Waals surface area contributed by atoms with Gasteiger partial charge in [0.2, 0.25) is 11.8 Å². The van der Waals surface area contributed by atoms with Crippen molar-refractivity contribution in [1.82, 2.24) is 10.6 Å². The van der Waals surface area contributed by atoms with Crippen molar-refractivity contribution in [3.05, 3.63) is 6.92 Å². The third kappa shape index (κ3) is 39.6. The Balaban J connectivity index is -0.000000272. The zero-order chi connectivity index (χ0) is 29.3. The Bertz CT molecular complexity index is 725. The first kappa shape index (κ1) is 44.1. The number of carbonyl (C=O) groups is 4. The summed E-state index contributed by atoms with van der Waals surface area (Å²) in [5.41, 5.74) is 5.23. The van der Waals surface area contributed by atoms with Crippen LogP contribution >= 0.6 is 12.6 Å². The van der Waals surface area contributed by atoms with E-state index in [0.717, 1.165) is 6.42 Å². The SMILES string of the molecule is NC(CCC(=O)NC(CS)C(=O)NCC(=O)O)C(=O)O.O=S(=O)(O)O.[CH2-]CCCCCCCCCCC.[Na+]. The topological polar surface area (TPSA) is 233 Å². The Kier molecular flexibility index (Phi) is 33.7. The van der Waals surface area contributed by atoms with E-state index in [1.165, 1.54) is 57.8 Å². The van der Waals surface area contributed by atoms with E-state index in [9.17, 15) is 19.2 Å². The summed E-state index contributed by atoms with van der Waals surface area (Å²) in [6, 6.07) is -2.15. The molecule has 0 heterocycles. The summed E-state index contributed by atoms with van der Waals surface area (Å²) in [6.45, 7) is 5.55. The Morgan fingerprint density at radius 1 is 0.947 bits per heavy atom. The number of rotatable bonds is 18. The van der Waals surface area contributed by atoms with Crippen molar-refractivity contribution >= 4 is 46.8 Å². The number of hydrogen-bond donors (Lipinski definition) is 8. The number of nitrogens with two attached hydrogens (primary N) is 1. The number of carboxylic acids is 2. The van der Waals surface area contributed by atoms with Crippen LogP contribution in [-0.2, 0) is 29.6 Å². The van der Waals surface area contributed by atoms with Gasteiger partial charge in [-0.3, -0.25) is 28.3 Å². The minimum Gasteiger partial charge on any atom is -0.480 e. The van der Waals surface area contributed by atoms with Crippen molar-refractivity contribution in [2.45, 2.75) is 96.1 Å². The number of hydrogen-bond acceptors (Lipinski definition) is 8. The third-order valence-electron chi connectivity index (χ3n) is 4.60. The molecule has 0 radical (unpaired) electrons. The number of unbranched alkanes of at least 4 members (excludes halogenated alkanes) is 9. The fourth-order valence-electron chi connectivity index (χ4n) is 2.64. The molecule has 8 N–H and O–H groups in total. The van der Waals surface area contributed by atoms with Crippen LogP contribution in [0.5, 0.6) is 0 Å². The minimum absolute atomic E-state index is 0. The van der Waals surface area contributed by atoms with Gasteiger partial charge in [0.05, 0.1) is 0 Å². The van der Waals surface area contributed by atoms with E-state index in [-0.39, 0.29) is 48.2 Å². The first-order chi connectivity index (χ1) is 17.2. The van der Waals surface area contributed by atoms with Gasteiger partial charge in [0.25, 0.3) is 0 Å². The molecule has 0 aromatic heterocycles. The molecule has 0 aromatic rings. The first-order valence-corrected chi connectivity index (χ1v) is 14.1. The summed E-state index contributed by atoms with van der Waals surface area (Å²) in [5.74, 6) is -3.70. The Labute approximate surface area is 253 Å². The van der Waals surface area contributed by atoms with Crippen molar-refractivity contribution in [3.8, 4) is 0 Å². The molecule has 0 rings (SSSR count). The van der Waals surface area contributed by atoms with E-state index in [1.54, 1.807) is 0 Å². The molecule has 2 amide bonds. The fourth-order valence-corrected chi connectivity index (χ4v) is 2.90.